The fraction of sp³-hybridized carbons (Fsp3) is 0.583. The van der Waals surface area contributed by atoms with Crippen LogP contribution in [0, 0.1) is 0 Å². The number of carbonyl (C=O) groups excluding carboxylic acids is 1. The quantitative estimate of drug-likeness (QED) is 0.795. The molecule has 1 aliphatic carbocycles. The van der Waals surface area contributed by atoms with Gasteiger partial charge in [0.05, 0.1) is 6.54 Å². The first-order chi connectivity index (χ1) is 8.63. The highest BCUT2D eigenvalue weighted by Crippen LogP contribution is 2.37. The molecule has 2 heterocycles. The van der Waals surface area contributed by atoms with Gasteiger partial charge in [0.15, 0.2) is 0 Å². The van der Waals surface area contributed by atoms with Crippen LogP contribution in [0.5, 0.6) is 0 Å². The number of amides is 1. The Morgan fingerprint density at radius 1 is 1.33 bits per heavy atom. The average Bonchev–Trinajstić information content (AvgIpc) is 3.16. The molecule has 2 aliphatic rings. The number of hydrogen-bond donors (Lipinski definition) is 1. The van der Waals surface area contributed by atoms with Crippen molar-refractivity contribution in [1.29, 1.82) is 0 Å². The molecule has 0 aromatic carbocycles. The second kappa shape index (κ2) is 4.12. The molecule has 0 bridgehead atoms. The lowest BCUT2D eigenvalue weighted by Crippen LogP contribution is -2.49. The minimum absolute atomic E-state index is 0.0660. The highest BCUT2D eigenvalue weighted by Gasteiger charge is 2.28. The van der Waals surface area contributed by atoms with Gasteiger partial charge in [0.25, 0.3) is 5.56 Å². The van der Waals surface area contributed by atoms with Gasteiger partial charge in [-0.15, -0.1) is 0 Å². The van der Waals surface area contributed by atoms with Gasteiger partial charge in [0, 0.05) is 32.1 Å². The van der Waals surface area contributed by atoms with Crippen LogP contribution in [0.15, 0.2) is 10.9 Å². The topological polar surface area (TPSA) is 69.3 Å². The number of H-pyrrole nitrogens is 1. The highest BCUT2D eigenvalue weighted by atomic mass is 16.2. The lowest BCUT2D eigenvalue weighted by Gasteiger charge is -2.32. The van der Waals surface area contributed by atoms with Gasteiger partial charge in [-0.25, -0.2) is 4.98 Å². The number of carbonyl (C=O) groups is 1. The Morgan fingerprint density at radius 2 is 2.11 bits per heavy atom. The number of nitrogens with one attached hydrogen (secondary N) is 1. The highest BCUT2D eigenvalue weighted by molar-refractivity contribution is 5.82. The fourth-order valence-electron chi connectivity index (χ4n) is 2.13. The monoisotopic (exact) mass is 248 g/mol. The predicted octanol–water partition coefficient (Wildman–Crippen LogP) is -0.0743. The molecule has 6 nitrogen and oxygen atoms in total. The first-order valence-electron chi connectivity index (χ1n) is 6.23. The van der Waals surface area contributed by atoms with Crippen LogP contribution < -0.4 is 10.5 Å². The molecule has 0 radical (unpaired) electrons. The summed E-state index contributed by atoms with van der Waals surface area (Å²) >= 11 is 0. The smallest absolute Gasteiger partial charge is 0.252 e. The zero-order valence-electron chi connectivity index (χ0n) is 10.3. The minimum atomic E-state index is -0.131. The standard InChI is InChI=1S/C12H16N4O2/c1-15-4-5-16(7-11(15)18)9-6-10(17)14-12(13-9)8-2-3-8/h6,8H,2-5,7H2,1H3,(H,13,14,17). The van der Waals surface area contributed by atoms with E-state index >= 15 is 0 Å². The Kier molecular flexibility index (Phi) is 2.57. The van der Waals surface area contributed by atoms with Crippen molar-refractivity contribution in [2.24, 2.45) is 0 Å². The maximum atomic E-state index is 11.7. The summed E-state index contributed by atoms with van der Waals surface area (Å²) in [5.41, 5.74) is -0.131. The summed E-state index contributed by atoms with van der Waals surface area (Å²) in [7, 11) is 1.79. The van der Waals surface area contributed by atoms with Gasteiger partial charge >= 0.3 is 0 Å². The summed E-state index contributed by atoms with van der Waals surface area (Å²) in [4.78, 5) is 34.1. The van der Waals surface area contributed by atoms with E-state index in [0.717, 1.165) is 25.2 Å². The van der Waals surface area contributed by atoms with Gasteiger partial charge in [-0.05, 0) is 12.8 Å². The molecule has 0 spiro atoms. The van der Waals surface area contributed by atoms with Crippen molar-refractivity contribution in [3.8, 4) is 0 Å². The zero-order valence-corrected chi connectivity index (χ0v) is 10.3. The lowest BCUT2D eigenvalue weighted by atomic mass is 10.3. The molecule has 0 atom stereocenters. The molecule has 1 saturated heterocycles. The molecule has 1 aliphatic heterocycles. The van der Waals surface area contributed by atoms with Crippen molar-refractivity contribution < 1.29 is 4.79 Å². The van der Waals surface area contributed by atoms with Crippen molar-refractivity contribution in [1.82, 2.24) is 14.9 Å². The molecule has 1 aromatic rings. The van der Waals surface area contributed by atoms with E-state index in [-0.39, 0.29) is 11.5 Å². The van der Waals surface area contributed by atoms with Gasteiger partial charge in [-0.2, -0.15) is 0 Å². The van der Waals surface area contributed by atoms with Crippen LogP contribution in [0.3, 0.4) is 0 Å². The number of aromatic nitrogens is 2. The van der Waals surface area contributed by atoms with E-state index in [2.05, 4.69) is 9.97 Å². The number of piperazine rings is 1. The molecule has 1 aromatic heterocycles. The van der Waals surface area contributed by atoms with Crippen molar-refractivity contribution in [3.05, 3.63) is 22.2 Å². The van der Waals surface area contributed by atoms with Gasteiger partial charge in [0.1, 0.15) is 11.6 Å². The Labute approximate surface area is 105 Å². The number of hydrogen-bond acceptors (Lipinski definition) is 4. The van der Waals surface area contributed by atoms with E-state index in [9.17, 15) is 9.59 Å². The molecular weight excluding hydrogens is 232 g/mol. The molecule has 3 rings (SSSR count). The maximum Gasteiger partial charge on any atom is 0.252 e. The van der Waals surface area contributed by atoms with Gasteiger partial charge in [-0.1, -0.05) is 0 Å². The second-order valence-corrected chi connectivity index (χ2v) is 5.00. The molecule has 0 unspecified atom stereocenters. The van der Waals surface area contributed by atoms with Crippen LogP contribution >= 0.6 is 0 Å². The third-order valence-electron chi connectivity index (χ3n) is 3.49. The van der Waals surface area contributed by atoms with E-state index in [4.69, 9.17) is 0 Å². The van der Waals surface area contributed by atoms with Crippen molar-refractivity contribution in [3.63, 3.8) is 0 Å². The lowest BCUT2D eigenvalue weighted by molar-refractivity contribution is -0.129. The maximum absolute atomic E-state index is 11.7. The van der Waals surface area contributed by atoms with E-state index in [1.54, 1.807) is 11.9 Å². The molecule has 6 heteroatoms. The van der Waals surface area contributed by atoms with E-state index in [0.29, 0.717) is 24.8 Å². The zero-order chi connectivity index (χ0) is 12.7. The fourth-order valence-corrected chi connectivity index (χ4v) is 2.13. The number of nitrogens with zero attached hydrogens (tertiary/aromatic N) is 3. The molecule has 2 fully saturated rings. The Bertz CT molecular complexity index is 535. The van der Waals surface area contributed by atoms with Crippen LogP contribution in [-0.4, -0.2) is 47.5 Å². The average molecular weight is 248 g/mol. The third kappa shape index (κ3) is 2.10. The summed E-state index contributed by atoms with van der Waals surface area (Å²) in [6, 6.07) is 1.48. The van der Waals surface area contributed by atoms with E-state index in [1.165, 1.54) is 6.07 Å². The molecule has 1 saturated carbocycles. The Balaban J connectivity index is 1.87. The Hall–Kier alpha value is -1.85. The number of rotatable bonds is 2. The largest absolute Gasteiger partial charge is 0.345 e. The van der Waals surface area contributed by atoms with E-state index in [1.807, 2.05) is 4.90 Å². The van der Waals surface area contributed by atoms with Crippen LogP contribution in [0.1, 0.15) is 24.6 Å². The van der Waals surface area contributed by atoms with Crippen LogP contribution in [0.25, 0.3) is 0 Å². The first kappa shape index (κ1) is 11.3. The van der Waals surface area contributed by atoms with Gasteiger partial charge in [-0.3, -0.25) is 9.59 Å². The summed E-state index contributed by atoms with van der Waals surface area (Å²) in [6.07, 6.45) is 2.18. The number of likely N-dealkylation sites (N-methyl/N-ethyl adjacent to an activating group) is 1. The summed E-state index contributed by atoms with van der Waals surface area (Å²) in [6.45, 7) is 1.70. The van der Waals surface area contributed by atoms with Crippen LogP contribution in [0.2, 0.25) is 0 Å². The number of aromatic amines is 1. The molecule has 18 heavy (non-hydrogen) atoms. The normalized spacial score (nSPS) is 20.4. The van der Waals surface area contributed by atoms with Gasteiger partial charge in [0.2, 0.25) is 5.91 Å². The molecular formula is C12H16N4O2. The summed E-state index contributed by atoms with van der Waals surface area (Å²) in [5.74, 6) is 1.86. The summed E-state index contributed by atoms with van der Waals surface area (Å²) in [5, 5.41) is 0. The first-order valence-corrected chi connectivity index (χ1v) is 6.23. The van der Waals surface area contributed by atoms with Crippen molar-refractivity contribution in [2.75, 3.05) is 31.6 Å². The van der Waals surface area contributed by atoms with Crippen molar-refractivity contribution >= 4 is 11.7 Å². The van der Waals surface area contributed by atoms with Crippen LogP contribution in [0.4, 0.5) is 5.82 Å². The number of anilines is 1. The van der Waals surface area contributed by atoms with Crippen molar-refractivity contribution in [2.45, 2.75) is 18.8 Å². The molecule has 96 valence electrons. The SMILES string of the molecule is CN1CCN(c2cc(=O)[nH]c(C3CC3)n2)CC1=O. The van der Waals surface area contributed by atoms with Gasteiger partial charge < -0.3 is 14.8 Å². The second-order valence-electron chi connectivity index (χ2n) is 5.00. The minimum Gasteiger partial charge on any atom is -0.345 e. The Morgan fingerprint density at radius 3 is 2.78 bits per heavy atom. The predicted molar refractivity (Wildman–Crippen MR) is 66.7 cm³/mol. The molecule has 1 amide bonds. The van der Waals surface area contributed by atoms with E-state index < -0.39 is 0 Å². The van der Waals surface area contributed by atoms with Crippen LogP contribution in [-0.2, 0) is 4.79 Å². The summed E-state index contributed by atoms with van der Waals surface area (Å²) < 4.78 is 0. The third-order valence-corrected chi connectivity index (χ3v) is 3.49. The molecule has 1 N–H and O–H groups in total.